The minimum absolute atomic E-state index is 0. The number of aromatic amines is 1. The highest BCUT2D eigenvalue weighted by molar-refractivity contribution is 14.0. The largest absolute Gasteiger partial charge is 0.468 e. The van der Waals surface area contributed by atoms with Gasteiger partial charge < -0.3 is 20.0 Å². The third kappa shape index (κ3) is 5.48. The summed E-state index contributed by atoms with van der Waals surface area (Å²) in [6.07, 6.45) is 4.43. The number of rotatable bonds is 7. The summed E-state index contributed by atoms with van der Waals surface area (Å²) in [7, 11) is 5.79. The van der Waals surface area contributed by atoms with Crippen molar-refractivity contribution in [3.05, 3.63) is 59.9 Å². The molecule has 8 heteroatoms. The van der Waals surface area contributed by atoms with Gasteiger partial charge in [-0.25, -0.2) is 4.39 Å². The van der Waals surface area contributed by atoms with E-state index in [0.717, 1.165) is 41.2 Å². The summed E-state index contributed by atoms with van der Waals surface area (Å²) >= 11 is 0. The number of fused-ring (bicyclic) bond motifs is 1. The van der Waals surface area contributed by atoms with Crippen molar-refractivity contribution in [2.24, 2.45) is 4.99 Å². The van der Waals surface area contributed by atoms with Crippen molar-refractivity contribution < 1.29 is 8.81 Å². The molecule has 0 aliphatic heterocycles. The van der Waals surface area contributed by atoms with Crippen molar-refractivity contribution in [2.45, 2.75) is 12.5 Å². The summed E-state index contributed by atoms with van der Waals surface area (Å²) in [5, 5.41) is 7.72. The molecule has 0 aliphatic carbocycles. The molecule has 152 valence electrons. The third-order valence-corrected chi connectivity index (χ3v) is 4.60. The van der Waals surface area contributed by atoms with Crippen molar-refractivity contribution in [2.75, 3.05) is 34.2 Å². The topological polar surface area (TPSA) is 68.6 Å². The van der Waals surface area contributed by atoms with E-state index in [1.807, 2.05) is 38.5 Å². The molecular weight excluding hydrogens is 472 g/mol. The number of guanidine groups is 1. The standard InChI is InChI=1S/C20H26FN5O.HI/c1-22-20(25-13-18(26(2)3)19-5-4-10-27-19)23-9-8-14-12-24-17-11-15(21)6-7-16(14)17;/h4-7,10-12,18,24H,8-9,13H2,1-3H3,(H2,22,23,25);1H. The molecule has 0 aliphatic rings. The molecule has 1 aromatic carbocycles. The molecule has 0 fully saturated rings. The number of benzene rings is 1. The molecule has 28 heavy (non-hydrogen) atoms. The molecule has 0 saturated heterocycles. The number of aromatic nitrogens is 1. The van der Waals surface area contributed by atoms with Crippen LogP contribution in [0.2, 0.25) is 0 Å². The molecule has 2 aromatic heterocycles. The van der Waals surface area contributed by atoms with E-state index in [1.54, 1.807) is 13.3 Å². The number of nitrogens with one attached hydrogen (secondary N) is 3. The number of furan rings is 1. The van der Waals surface area contributed by atoms with Gasteiger partial charge in [-0.2, -0.15) is 0 Å². The second-order valence-electron chi connectivity index (χ2n) is 6.63. The Balaban J connectivity index is 0.00000280. The van der Waals surface area contributed by atoms with Crippen LogP contribution in [0.1, 0.15) is 17.4 Å². The van der Waals surface area contributed by atoms with Crippen molar-refractivity contribution in [1.82, 2.24) is 20.5 Å². The molecule has 0 spiro atoms. The van der Waals surface area contributed by atoms with E-state index in [9.17, 15) is 4.39 Å². The summed E-state index contributed by atoms with van der Waals surface area (Å²) in [5.41, 5.74) is 1.97. The first-order valence-electron chi connectivity index (χ1n) is 8.98. The summed E-state index contributed by atoms with van der Waals surface area (Å²) in [6, 6.07) is 8.80. The first-order valence-corrected chi connectivity index (χ1v) is 8.98. The Kier molecular flexibility index (Phi) is 8.31. The number of halogens is 2. The second kappa shape index (κ2) is 10.5. The average Bonchev–Trinajstić information content (AvgIpc) is 3.30. The van der Waals surface area contributed by atoms with Crippen LogP contribution in [-0.4, -0.2) is 50.1 Å². The van der Waals surface area contributed by atoms with Crippen LogP contribution in [0.15, 0.2) is 52.2 Å². The SMILES string of the molecule is CN=C(NCCc1c[nH]c2cc(F)ccc12)NCC(c1ccco1)N(C)C.I. The van der Waals surface area contributed by atoms with Gasteiger partial charge in [-0.3, -0.25) is 9.89 Å². The maximum Gasteiger partial charge on any atom is 0.191 e. The molecule has 1 unspecified atom stereocenters. The van der Waals surface area contributed by atoms with Crippen LogP contribution in [0.4, 0.5) is 4.39 Å². The fourth-order valence-corrected chi connectivity index (χ4v) is 3.11. The lowest BCUT2D eigenvalue weighted by atomic mass is 10.1. The quantitative estimate of drug-likeness (QED) is 0.265. The van der Waals surface area contributed by atoms with Crippen molar-refractivity contribution in [1.29, 1.82) is 0 Å². The Morgan fingerprint density at radius 1 is 1.29 bits per heavy atom. The van der Waals surface area contributed by atoms with E-state index in [0.29, 0.717) is 6.54 Å². The first-order chi connectivity index (χ1) is 13.1. The van der Waals surface area contributed by atoms with Crippen molar-refractivity contribution in [3.8, 4) is 0 Å². The van der Waals surface area contributed by atoms with Gasteiger partial charge in [-0.1, -0.05) is 0 Å². The lowest BCUT2D eigenvalue weighted by Crippen LogP contribution is -2.42. The van der Waals surface area contributed by atoms with Gasteiger partial charge in [0.15, 0.2) is 5.96 Å². The minimum atomic E-state index is -0.231. The molecule has 0 amide bonds. The zero-order valence-electron chi connectivity index (χ0n) is 16.3. The van der Waals surface area contributed by atoms with Gasteiger partial charge in [0.25, 0.3) is 0 Å². The van der Waals surface area contributed by atoms with Gasteiger partial charge in [-0.15, -0.1) is 24.0 Å². The Morgan fingerprint density at radius 3 is 2.79 bits per heavy atom. The van der Waals surface area contributed by atoms with E-state index < -0.39 is 0 Å². The lowest BCUT2D eigenvalue weighted by Gasteiger charge is -2.23. The summed E-state index contributed by atoms with van der Waals surface area (Å²) < 4.78 is 18.8. The van der Waals surface area contributed by atoms with Crippen LogP contribution in [-0.2, 0) is 6.42 Å². The van der Waals surface area contributed by atoms with Crippen molar-refractivity contribution in [3.63, 3.8) is 0 Å². The van der Waals surface area contributed by atoms with E-state index in [4.69, 9.17) is 4.42 Å². The predicted molar refractivity (Wildman–Crippen MR) is 122 cm³/mol. The number of hydrogen-bond acceptors (Lipinski definition) is 3. The summed E-state index contributed by atoms with van der Waals surface area (Å²) in [4.78, 5) is 9.50. The van der Waals surface area contributed by atoms with Crippen LogP contribution in [0, 0.1) is 5.82 Å². The van der Waals surface area contributed by atoms with E-state index in [-0.39, 0.29) is 35.8 Å². The van der Waals surface area contributed by atoms with Crippen LogP contribution in [0.3, 0.4) is 0 Å². The van der Waals surface area contributed by atoms with E-state index >= 15 is 0 Å². The predicted octanol–water partition coefficient (Wildman–Crippen LogP) is 3.53. The molecule has 0 saturated carbocycles. The minimum Gasteiger partial charge on any atom is -0.468 e. The number of nitrogens with zero attached hydrogens (tertiary/aromatic N) is 2. The average molecular weight is 499 g/mol. The zero-order valence-corrected chi connectivity index (χ0v) is 18.7. The highest BCUT2D eigenvalue weighted by Gasteiger charge is 2.17. The second-order valence-corrected chi connectivity index (χ2v) is 6.63. The molecular formula is C20H27FIN5O. The molecule has 1 atom stereocenters. The third-order valence-electron chi connectivity index (χ3n) is 4.60. The molecule has 0 radical (unpaired) electrons. The fourth-order valence-electron chi connectivity index (χ4n) is 3.11. The Hall–Kier alpha value is -2.07. The number of hydrogen-bond donors (Lipinski definition) is 3. The van der Waals surface area contributed by atoms with E-state index in [2.05, 4.69) is 25.5 Å². The van der Waals surface area contributed by atoms with Crippen LogP contribution in [0.5, 0.6) is 0 Å². The van der Waals surface area contributed by atoms with Crippen LogP contribution < -0.4 is 10.6 Å². The van der Waals surface area contributed by atoms with Gasteiger partial charge in [0.05, 0.1) is 12.3 Å². The van der Waals surface area contributed by atoms with Crippen LogP contribution in [0.25, 0.3) is 10.9 Å². The zero-order chi connectivity index (χ0) is 19.2. The molecule has 2 heterocycles. The highest BCUT2D eigenvalue weighted by atomic mass is 127. The van der Waals surface area contributed by atoms with Crippen molar-refractivity contribution >= 4 is 40.8 Å². The number of likely N-dealkylation sites (N-methyl/N-ethyl adjacent to an activating group) is 1. The monoisotopic (exact) mass is 499 g/mol. The Bertz CT molecular complexity index is 891. The Labute approximate surface area is 181 Å². The molecule has 3 N–H and O–H groups in total. The molecule has 3 aromatic rings. The van der Waals surface area contributed by atoms with Gasteiger partial charge >= 0.3 is 0 Å². The number of aliphatic imine (C=N–C) groups is 1. The maximum absolute atomic E-state index is 13.3. The summed E-state index contributed by atoms with van der Waals surface area (Å²) in [6.45, 7) is 1.39. The molecule has 3 rings (SSSR count). The van der Waals surface area contributed by atoms with Crippen LogP contribution >= 0.6 is 24.0 Å². The highest BCUT2D eigenvalue weighted by Crippen LogP contribution is 2.19. The van der Waals surface area contributed by atoms with Gasteiger partial charge in [-0.05, 0) is 56.4 Å². The lowest BCUT2D eigenvalue weighted by molar-refractivity contribution is 0.258. The normalized spacial score (nSPS) is 12.8. The van der Waals surface area contributed by atoms with Gasteiger partial charge in [0.2, 0.25) is 0 Å². The summed E-state index contributed by atoms with van der Waals surface area (Å²) in [5.74, 6) is 1.42. The van der Waals surface area contributed by atoms with Gasteiger partial charge in [0.1, 0.15) is 11.6 Å². The molecule has 6 nitrogen and oxygen atoms in total. The smallest absolute Gasteiger partial charge is 0.191 e. The first kappa shape index (κ1) is 22.2. The Morgan fingerprint density at radius 2 is 2.11 bits per heavy atom. The van der Waals surface area contributed by atoms with E-state index in [1.165, 1.54) is 12.1 Å². The maximum atomic E-state index is 13.3. The fraction of sp³-hybridized carbons (Fsp3) is 0.350. The molecule has 0 bridgehead atoms. The number of H-pyrrole nitrogens is 1. The van der Waals surface area contributed by atoms with Gasteiger partial charge in [0, 0.05) is 37.2 Å².